The number of hydrogen-bond donors (Lipinski definition) is 2. The molecule has 1 heterocycles. The van der Waals surface area contributed by atoms with Gasteiger partial charge in [0.05, 0.1) is 6.10 Å². The lowest BCUT2D eigenvalue weighted by Gasteiger charge is -2.26. The van der Waals surface area contributed by atoms with Gasteiger partial charge >= 0.3 is 0 Å². The minimum atomic E-state index is -0.518. The van der Waals surface area contributed by atoms with Crippen molar-refractivity contribution in [3.63, 3.8) is 0 Å². The molecule has 0 unspecified atom stereocenters. The molecule has 118 valence electrons. The fourth-order valence-electron chi connectivity index (χ4n) is 2.31. The van der Waals surface area contributed by atoms with E-state index in [1.165, 1.54) is 17.8 Å². The van der Waals surface area contributed by atoms with Gasteiger partial charge in [-0.05, 0) is 37.7 Å². The number of hydrogen-bond acceptors (Lipinski definition) is 6. The molecule has 0 aliphatic heterocycles. The van der Waals surface area contributed by atoms with Crippen LogP contribution in [-0.2, 0) is 0 Å². The van der Waals surface area contributed by atoms with Crippen molar-refractivity contribution in [2.45, 2.75) is 30.5 Å². The van der Waals surface area contributed by atoms with Crippen LogP contribution in [0.5, 0.6) is 11.5 Å². The van der Waals surface area contributed by atoms with E-state index in [1.807, 2.05) is 6.07 Å². The van der Waals surface area contributed by atoms with Gasteiger partial charge in [0.2, 0.25) is 0 Å². The molecule has 0 radical (unpaired) electrons. The highest BCUT2D eigenvalue weighted by molar-refractivity contribution is 7.98. The van der Waals surface area contributed by atoms with Gasteiger partial charge in [-0.2, -0.15) is 5.26 Å². The van der Waals surface area contributed by atoms with Crippen molar-refractivity contribution in [3.05, 3.63) is 34.1 Å². The maximum atomic E-state index is 12.0. The lowest BCUT2D eigenvalue weighted by atomic mass is 9.96. The van der Waals surface area contributed by atoms with Crippen molar-refractivity contribution in [2.24, 2.45) is 0 Å². The summed E-state index contributed by atoms with van der Waals surface area (Å²) in [7, 11) is 0. The summed E-state index contributed by atoms with van der Waals surface area (Å²) in [6, 6.07) is 6.68. The number of benzene rings is 1. The van der Waals surface area contributed by atoms with Crippen molar-refractivity contribution in [1.29, 1.82) is 5.26 Å². The summed E-state index contributed by atoms with van der Waals surface area (Å²) in [4.78, 5) is 18.7. The van der Waals surface area contributed by atoms with Gasteiger partial charge in [-0.25, -0.2) is 4.98 Å². The second-order valence-corrected chi connectivity index (χ2v) is 6.06. The van der Waals surface area contributed by atoms with Crippen LogP contribution in [0.3, 0.4) is 0 Å². The van der Waals surface area contributed by atoms with Gasteiger partial charge in [-0.3, -0.25) is 4.79 Å². The molecule has 3 rings (SSSR count). The first-order valence-electron chi connectivity index (χ1n) is 7.21. The van der Waals surface area contributed by atoms with E-state index >= 15 is 0 Å². The highest BCUT2D eigenvalue weighted by atomic mass is 32.2. The minimum Gasteiger partial charge on any atom is -0.507 e. The average molecular weight is 329 g/mol. The third-order valence-electron chi connectivity index (χ3n) is 3.78. The van der Waals surface area contributed by atoms with E-state index in [4.69, 9.17) is 4.74 Å². The summed E-state index contributed by atoms with van der Waals surface area (Å²) < 4.78 is 5.73. The quantitative estimate of drug-likeness (QED) is 0.661. The van der Waals surface area contributed by atoms with Crippen molar-refractivity contribution in [3.8, 4) is 28.8 Å². The van der Waals surface area contributed by atoms with Crippen LogP contribution in [0.1, 0.15) is 24.8 Å². The smallest absolute Gasteiger partial charge is 0.270 e. The first-order chi connectivity index (χ1) is 11.1. The molecule has 0 amide bonds. The van der Waals surface area contributed by atoms with E-state index in [0.29, 0.717) is 16.5 Å². The Morgan fingerprint density at radius 2 is 2.26 bits per heavy atom. The van der Waals surface area contributed by atoms with Crippen LogP contribution in [0.25, 0.3) is 11.3 Å². The molecule has 1 aliphatic rings. The highest BCUT2D eigenvalue weighted by Gasteiger charge is 2.21. The topological polar surface area (TPSA) is 99.0 Å². The Morgan fingerprint density at radius 1 is 1.48 bits per heavy atom. The summed E-state index contributed by atoms with van der Waals surface area (Å²) in [5.41, 5.74) is -0.126. The SMILES string of the molecule is CSc1nc(-c2ccc(OC3CCC3)cc2O)c(C#N)c(=O)[nH]1. The van der Waals surface area contributed by atoms with Crippen LogP contribution in [0.2, 0.25) is 0 Å². The zero-order chi connectivity index (χ0) is 16.4. The van der Waals surface area contributed by atoms with Crippen LogP contribution < -0.4 is 10.3 Å². The Balaban J connectivity index is 2.02. The van der Waals surface area contributed by atoms with Crippen LogP contribution in [0.15, 0.2) is 28.2 Å². The molecule has 1 aromatic heterocycles. The van der Waals surface area contributed by atoms with Crippen LogP contribution in [-0.4, -0.2) is 27.4 Å². The summed E-state index contributed by atoms with van der Waals surface area (Å²) in [5, 5.41) is 19.9. The Morgan fingerprint density at radius 3 is 2.83 bits per heavy atom. The Hall–Kier alpha value is -2.46. The molecule has 1 aromatic carbocycles. The first kappa shape index (κ1) is 15.4. The number of rotatable bonds is 4. The highest BCUT2D eigenvalue weighted by Crippen LogP contribution is 2.34. The van der Waals surface area contributed by atoms with E-state index < -0.39 is 5.56 Å². The largest absolute Gasteiger partial charge is 0.507 e. The van der Waals surface area contributed by atoms with Gasteiger partial charge in [-0.1, -0.05) is 11.8 Å². The van der Waals surface area contributed by atoms with Crippen molar-refractivity contribution in [2.75, 3.05) is 6.26 Å². The standard InChI is InChI=1S/C16H15N3O3S/c1-23-16-18-14(12(8-17)15(21)19-16)11-6-5-10(7-13(11)20)22-9-3-2-4-9/h5-7,9,20H,2-4H2,1H3,(H,18,19,21). The van der Waals surface area contributed by atoms with Crippen molar-refractivity contribution in [1.82, 2.24) is 9.97 Å². The Labute approximate surface area is 137 Å². The number of phenols is 1. The van der Waals surface area contributed by atoms with Gasteiger partial charge in [0, 0.05) is 11.6 Å². The average Bonchev–Trinajstić information content (AvgIpc) is 2.50. The van der Waals surface area contributed by atoms with E-state index in [0.717, 1.165) is 19.3 Å². The van der Waals surface area contributed by atoms with Gasteiger partial charge in [0.15, 0.2) is 5.16 Å². The second-order valence-electron chi connectivity index (χ2n) is 5.26. The molecule has 1 saturated carbocycles. The fourth-order valence-corrected chi connectivity index (χ4v) is 2.69. The number of phenolic OH excluding ortho intramolecular Hbond substituents is 1. The molecule has 7 heteroatoms. The summed E-state index contributed by atoms with van der Waals surface area (Å²) in [6.45, 7) is 0. The zero-order valence-electron chi connectivity index (χ0n) is 12.5. The summed E-state index contributed by atoms with van der Waals surface area (Å²) in [6.07, 6.45) is 5.18. The predicted molar refractivity (Wildman–Crippen MR) is 86.7 cm³/mol. The second kappa shape index (κ2) is 6.34. The van der Waals surface area contributed by atoms with E-state index in [-0.39, 0.29) is 23.1 Å². The number of aromatic hydroxyl groups is 1. The number of H-pyrrole nitrogens is 1. The molecular weight excluding hydrogens is 314 g/mol. The maximum Gasteiger partial charge on any atom is 0.270 e. The molecule has 6 nitrogen and oxygen atoms in total. The van der Waals surface area contributed by atoms with E-state index in [2.05, 4.69) is 9.97 Å². The number of aromatic amines is 1. The Bertz CT molecular complexity index is 837. The molecule has 0 atom stereocenters. The minimum absolute atomic E-state index is 0.0662. The third-order valence-corrected chi connectivity index (χ3v) is 4.36. The molecule has 2 N–H and O–H groups in total. The number of thioether (sulfide) groups is 1. The van der Waals surface area contributed by atoms with Gasteiger partial charge in [-0.15, -0.1) is 0 Å². The number of nitriles is 1. The van der Waals surface area contributed by atoms with E-state index in [1.54, 1.807) is 18.4 Å². The number of aromatic nitrogens is 2. The molecule has 2 aromatic rings. The Kier molecular flexibility index (Phi) is 4.26. The van der Waals surface area contributed by atoms with Crippen LogP contribution >= 0.6 is 11.8 Å². The molecule has 0 bridgehead atoms. The van der Waals surface area contributed by atoms with E-state index in [9.17, 15) is 15.2 Å². The molecule has 23 heavy (non-hydrogen) atoms. The first-order valence-corrected chi connectivity index (χ1v) is 8.43. The third kappa shape index (κ3) is 3.03. The monoisotopic (exact) mass is 329 g/mol. The van der Waals surface area contributed by atoms with Gasteiger partial charge < -0.3 is 14.8 Å². The zero-order valence-corrected chi connectivity index (χ0v) is 13.3. The van der Waals surface area contributed by atoms with Gasteiger partial charge in [0.1, 0.15) is 28.8 Å². The lowest BCUT2D eigenvalue weighted by Crippen LogP contribution is -2.24. The maximum absolute atomic E-state index is 12.0. The molecular formula is C16H15N3O3S. The molecule has 1 fully saturated rings. The predicted octanol–water partition coefficient (Wildman–Crippen LogP) is 2.67. The normalized spacial score (nSPS) is 14.1. The number of nitrogens with one attached hydrogen (secondary N) is 1. The summed E-state index contributed by atoms with van der Waals surface area (Å²) >= 11 is 1.26. The lowest BCUT2D eigenvalue weighted by molar-refractivity contribution is 0.120. The fraction of sp³-hybridized carbons (Fsp3) is 0.312. The molecule has 1 aliphatic carbocycles. The number of ether oxygens (including phenoxy) is 1. The van der Waals surface area contributed by atoms with Crippen LogP contribution in [0.4, 0.5) is 0 Å². The van der Waals surface area contributed by atoms with Crippen molar-refractivity contribution < 1.29 is 9.84 Å². The molecule has 0 saturated heterocycles. The summed E-state index contributed by atoms with van der Waals surface area (Å²) in [5.74, 6) is 0.507. The number of nitrogens with zero attached hydrogens (tertiary/aromatic N) is 2. The molecule has 0 spiro atoms. The van der Waals surface area contributed by atoms with Crippen LogP contribution in [0, 0.1) is 11.3 Å². The van der Waals surface area contributed by atoms with Gasteiger partial charge in [0.25, 0.3) is 5.56 Å². The van der Waals surface area contributed by atoms with Crippen molar-refractivity contribution >= 4 is 11.8 Å².